The fraction of sp³-hybridized carbons (Fsp3) is 0.833. The summed E-state index contributed by atoms with van der Waals surface area (Å²) >= 11 is 13.3. The van der Waals surface area contributed by atoms with Crippen LogP contribution in [0.2, 0.25) is 0 Å². The lowest BCUT2D eigenvalue weighted by Crippen LogP contribution is -2.08. The van der Waals surface area contributed by atoms with Crippen molar-refractivity contribution in [1.29, 1.82) is 0 Å². The van der Waals surface area contributed by atoms with Crippen molar-refractivity contribution < 1.29 is 0 Å². The number of hydrogen-bond acceptors (Lipinski definition) is 4. The predicted octanol–water partition coefficient (Wildman–Crippen LogP) is 5.73. The maximum absolute atomic E-state index is 4.91. The highest BCUT2D eigenvalue weighted by Gasteiger charge is 2.10. The Morgan fingerprint density at radius 3 is 0.875 bits per heavy atom. The smallest absolute Gasteiger partial charge is 0.0452 e. The zero-order valence-electron chi connectivity index (χ0n) is 11.6. The zero-order chi connectivity index (χ0) is 13.6. The molecule has 0 atom stereocenters. The predicted molar refractivity (Wildman–Crippen MR) is 91.2 cm³/mol. The van der Waals surface area contributed by atoms with E-state index in [-0.39, 0.29) is 0 Å². The minimum Gasteiger partial charge on any atom is -0.113 e. The Bertz CT molecular complexity index is 204. The molecule has 0 nitrogen and oxygen atoms in total. The summed E-state index contributed by atoms with van der Waals surface area (Å²) in [5.41, 5.74) is 0. The molecule has 0 rings (SSSR count). The second-order valence-electron chi connectivity index (χ2n) is 5.41. The monoisotopic (exact) mass is 296 g/mol. The van der Waals surface area contributed by atoms with Gasteiger partial charge in [0.05, 0.1) is 0 Å². The Hall–Kier alpha value is 0.880. The molecule has 0 spiro atoms. The molecule has 0 aliphatic rings. The standard InChI is InChI=1S/2C6H12S2/c2*1-5(7)8-6(2,3)4/h2*1-4H3. The van der Waals surface area contributed by atoms with E-state index in [1.807, 2.05) is 13.8 Å². The summed E-state index contributed by atoms with van der Waals surface area (Å²) < 4.78 is 2.65. The molecule has 0 saturated carbocycles. The molecule has 0 saturated heterocycles. The lowest BCUT2D eigenvalue weighted by molar-refractivity contribution is 0.809. The third-order valence-electron chi connectivity index (χ3n) is 0.900. The molecular weight excluding hydrogens is 272 g/mol. The summed E-state index contributed by atoms with van der Waals surface area (Å²) in [6.45, 7) is 16.9. The van der Waals surface area contributed by atoms with Crippen LogP contribution in [-0.4, -0.2) is 17.9 Å². The Morgan fingerprint density at radius 1 is 0.688 bits per heavy atom. The van der Waals surface area contributed by atoms with Gasteiger partial charge in [0.25, 0.3) is 0 Å². The summed E-state index contributed by atoms with van der Waals surface area (Å²) in [4.78, 5) is 0. The fourth-order valence-electron chi connectivity index (χ4n) is 0.862. The van der Waals surface area contributed by atoms with Gasteiger partial charge in [0.2, 0.25) is 0 Å². The normalized spacial score (nSPS) is 11.5. The Morgan fingerprint density at radius 2 is 0.875 bits per heavy atom. The van der Waals surface area contributed by atoms with Gasteiger partial charge >= 0.3 is 0 Å². The third kappa shape index (κ3) is 24.2. The van der Waals surface area contributed by atoms with Gasteiger partial charge in [0.1, 0.15) is 0 Å². The molecule has 0 aliphatic heterocycles. The lowest BCUT2D eigenvalue weighted by Gasteiger charge is -2.15. The minimum absolute atomic E-state index is 0.297. The number of thiocarbonyl (C=S) groups is 2. The van der Waals surface area contributed by atoms with Crippen LogP contribution in [0, 0.1) is 0 Å². The molecule has 16 heavy (non-hydrogen) atoms. The molecule has 0 aromatic carbocycles. The van der Waals surface area contributed by atoms with Crippen molar-refractivity contribution in [3.8, 4) is 0 Å². The topological polar surface area (TPSA) is 0 Å². The molecule has 4 heteroatoms. The quantitative estimate of drug-likeness (QED) is 0.523. The number of hydrogen-bond donors (Lipinski definition) is 0. The van der Waals surface area contributed by atoms with Crippen molar-refractivity contribution >= 4 is 56.4 Å². The van der Waals surface area contributed by atoms with Gasteiger partial charge in [-0.25, -0.2) is 0 Å². The van der Waals surface area contributed by atoms with E-state index < -0.39 is 0 Å². The molecule has 0 unspecified atom stereocenters. The van der Waals surface area contributed by atoms with Crippen molar-refractivity contribution in [2.24, 2.45) is 0 Å². The maximum atomic E-state index is 4.91. The second-order valence-corrected chi connectivity index (χ2v) is 11.2. The van der Waals surface area contributed by atoms with Crippen LogP contribution in [0.5, 0.6) is 0 Å². The van der Waals surface area contributed by atoms with E-state index in [2.05, 4.69) is 41.5 Å². The molecule has 0 aliphatic carbocycles. The number of thioether (sulfide) groups is 2. The lowest BCUT2D eigenvalue weighted by atomic mass is 10.3. The molecule has 0 amide bonds. The van der Waals surface area contributed by atoms with E-state index in [1.165, 1.54) is 0 Å². The first-order valence-electron chi connectivity index (χ1n) is 5.22. The van der Waals surface area contributed by atoms with E-state index in [4.69, 9.17) is 24.4 Å². The molecule has 0 aromatic heterocycles. The second kappa shape index (κ2) is 8.06. The van der Waals surface area contributed by atoms with Crippen LogP contribution >= 0.6 is 48.0 Å². The average Bonchev–Trinajstić information content (AvgIpc) is 1.72. The minimum atomic E-state index is 0.297. The summed E-state index contributed by atoms with van der Waals surface area (Å²) in [6.07, 6.45) is 0. The van der Waals surface area contributed by atoms with Crippen LogP contribution in [0.25, 0.3) is 0 Å². The van der Waals surface area contributed by atoms with Crippen LogP contribution in [-0.2, 0) is 0 Å². The van der Waals surface area contributed by atoms with Crippen molar-refractivity contribution in [2.45, 2.75) is 64.9 Å². The van der Waals surface area contributed by atoms with E-state index in [9.17, 15) is 0 Å². The van der Waals surface area contributed by atoms with E-state index in [0.717, 1.165) is 8.39 Å². The van der Waals surface area contributed by atoms with Gasteiger partial charge < -0.3 is 0 Å². The highest BCUT2D eigenvalue weighted by atomic mass is 32.2. The van der Waals surface area contributed by atoms with Gasteiger partial charge in [-0.3, -0.25) is 0 Å². The van der Waals surface area contributed by atoms with Gasteiger partial charge in [-0.1, -0.05) is 66.0 Å². The molecule has 0 bridgehead atoms. The van der Waals surface area contributed by atoms with Gasteiger partial charge in [-0.2, -0.15) is 0 Å². The van der Waals surface area contributed by atoms with Crippen LogP contribution < -0.4 is 0 Å². The van der Waals surface area contributed by atoms with Crippen LogP contribution in [0.15, 0.2) is 0 Å². The van der Waals surface area contributed by atoms with Crippen molar-refractivity contribution in [1.82, 2.24) is 0 Å². The molecule has 0 aromatic rings. The summed E-state index contributed by atoms with van der Waals surface area (Å²) in [5.74, 6) is 0. The number of rotatable bonds is 0. The molecular formula is C12H24S4. The molecule has 0 heterocycles. The summed E-state index contributed by atoms with van der Waals surface area (Å²) in [5, 5.41) is 0. The summed E-state index contributed by atoms with van der Waals surface area (Å²) in [6, 6.07) is 0. The van der Waals surface area contributed by atoms with Crippen molar-refractivity contribution in [2.75, 3.05) is 0 Å². The first-order chi connectivity index (χ1) is 6.83. The van der Waals surface area contributed by atoms with Crippen LogP contribution in [0.1, 0.15) is 55.4 Å². The molecule has 0 N–H and O–H groups in total. The SMILES string of the molecule is CC(=S)SC(C)(C)C.CC(=S)SC(C)(C)C. The van der Waals surface area contributed by atoms with Crippen molar-refractivity contribution in [3.63, 3.8) is 0 Å². The first kappa shape index (κ1) is 19.2. The summed E-state index contributed by atoms with van der Waals surface area (Å²) in [7, 11) is 0. The third-order valence-corrected chi connectivity index (χ3v) is 3.20. The molecule has 0 fully saturated rings. The van der Waals surface area contributed by atoms with Gasteiger partial charge in [0, 0.05) is 17.9 Å². The van der Waals surface area contributed by atoms with Crippen LogP contribution in [0.4, 0.5) is 0 Å². The van der Waals surface area contributed by atoms with Gasteiger partial charge in [-0.15, -0.1) is 23.5 Å². The van der Waals surface area contributed by atoms with Gasteiger partial charge in [0.15, 0.2) is 0 Å². The van der Waals surface area contributed by atoms with Gasteiger partial charge in [-0.05, 0) is 13.8 Å². The Labute approximate surface area is 121 Å². The molecule has 0 radical (unpaired) electrons. The maximum Gasteiger partial charge on any atom is 0.0452 e. The largest absolute Gasteiger partial charge is 0.113 e. The molecule has 96 valence electrons. The Kier molecular flexibility index (Phi) is 9.69. The van der Waals surface area contributed by atoms with E-state index >= 15 is 0 Å². The zero-order valence-corrected chi connectivity index (χ0v) is 14.9. The Balaban J connectivity index is 0. The van der Waals surface area contributed by atoms with E-state index in [1.54, 1.807) is 23.5 Å². The highest BCUT2D eigenvalue weighted by Crippen LogP contribution is 2.24. The van der Waals surface area contributed by atoms with E-state index in [0.29, 0.717) is 9.49 Å². The fourth-order valence-corrected chi connectivity index (χ4v) is 4.09. The average molecular weight is 297 g/mol. The highest BCUT2D eigenvalue weighted by molar-refractivity contribution is 8.24. The van der Waals surface area contributed by atoms with Crippen LogP contribution in [0.3, 0.4) is 0 Å². The first-order valence-corrected chi connectivity index (χ1v) is 7.67. The van der Waals surface area contributed by atoms with Crippen molar-refractivity contribution in [3.05, 3.63) is 0 Å².